The fourth-order valence-corrected chi connectivity index (χ4v) is 5.59. The van der Waals surface area contributed by atoms with Gasteiger partial charge < -0.3 is 5.32 Å². The van der Waals surface area contributed by atoms with Crippen LogP contribution in [0.2, 0.25) is 0 Å². The monoisotopic (exact) mass is 315 g/mol. The van der Waals surface area contributed by atoms with Crippen LogP contribution in [0.25, 0.3) is 10.2 Å². The molecule has 2 aliphatic carbocycles. The molecule has 2 fully saturated rings. The molecule has 1 saturated carbocycles. The smallest absolute Gasteiger partial charge is 0.138 e. The Morgan fingerprint density at radius 3 is 3.23 bits per heavy atom. The number of thiophene rings is 1. The molecule has 1 saturated heterocycles. The van der Waals surface area contributed by atoms with Crippen molar-refractivity contribution in [3.05, 3.63) is 16.8 Å². The molecule has 3 atom stereocenters. The first-order chi connectivity index (χ1) is 10.9. The maximum Gasteiger partial charge on any atom is 0.138 e. The average molecular weight is 315 g/mol. The van der Waals surface area contributed by atoms with Gasteiger partial charge in [-0.3, -0.25) is 10.9 Å². The van der Waals surface area contributed by atoms with Gasteiger partial charge in [0.25, 0.3) is 0 Å². The van der Waals surface area contributed by atoms with Crippen molar-refractivity contribution in [2.24, 2.45) is 5.92 Å². The van der Waals surface area contributed by atoms with E-state index in [0.717, 1.165) is 18.3 Å². The minimum atomic E-state index is 0.540. The lowest BCUT2D eigenvalue weighted by Gasteiger charge is -2.31. The summed E-state index contributed by atoms with van der Waals surface area (Å²) in [5.74, 6) is 1.82. The van der Waals surface area contributed by atoms with Crippen LogP contribution < -0.4 is 16.2 Å². The summed E-state index contributed by atoms with van der Waals surface area (Å²) in [7, 11) is 0. The molecule has 0 bridgehead atoms. The summed E-state index contributed by atoms with van der Waals surface area (Å²) in [6.07, 6.45) is 9.11. The molecular weight excluding hydrogens is 294 g/mol. The predicted molar refractivity (Wildman–Crippen MR) is 89.1 cm³/mol. The van der Waals surface area contributed by atoms with Crippen LogP contribution in [0, 0.1) is 5.92 Å². The number of aryl methyl sites for hydroxylation is 2. The number of hydrogen-bond acceptors (Lipinski definition) is 6. The van der Waals surface area contributed by atoms with Crippen molar-refractivity contribution in [1.29, 1.82) is 0 Å². The van der Waals surface area contributed by atoms with Crippen molar-refractivity contribution in [2.75, 3.05) is 11.9 Å². The molecule has 0 aromatic carbocycles. The van der Waals surface area contributed by atoms with Crippen LogP contribution >= 0.6 is 11.3 Å². The molecule has 6 heteroatoms. The lowest BCUT2D eigenvalue weighted by atomic mass is 9.83. The van der Waals surface area contributed by atoms with Gasteiger partial charge in [0.15, 0.2) is 0 Å². The fraction of sp³-hybridized carbons (Fsp3) is 0.625. The van der Waals surface area contributed by atoms with Gasteiger partial charge in [0.1, 0.15) is 17.0 Å². The molecule has 1 aliphatic heterocycles. The summed E-state index contributed by atoms with van der Waals surface area (Å²) in [6.45, 7) is 1.09. The molecule has 3 N–H and O–H groups in total. The van der Waals surface area contributed by atoms with Crippen molar-refractivity contribution in [1.82, 2.24) is 20.8 Å². The average Bonchev–Trinajstić information content (AvgIpc) is 3.21. The number of nitrogens with one attached hydrogen (secondary N) is 3. The SMILES string of the molecule is c1nc(NC2CCC3NNCC3C2)c2c3c(sc2n1)CCC3. The summed E-state index contributed by atoms with van der Waals surface area (Å²) >= 11 is 1.87. The Hall–Kier alpha value is -1.24. The van der Waals surface area contributed by atoms with Gasteiger partial charge in [0, 0.05) is 23.5 Å². The molecule has 3 aliphatic rings. The number of hydrazine groups is 1. The van der Waals surface area contributed by atoms with Crippen LogP contribution in [0.1, 0.15) is 36.1 Å². The van der Waals surface area contributed by atoms with E-state index in [2.05, 4.69) is 26.1 Å². The van der Waals surface area contributed by atoms with Gasteiger partial charge >= 0.3 is 0 Å². The number of aromatic nitrogens is 2. The van der Waals surface area contributed by atoms with E-state index in [1.165, 1.54) is 59.2 Å². The van der Waals surface area contributed by atoms with E-state index in [0.29, 0.717) is 12.1 Å². The van der Waals surface area contributed by atoms with Gasteiger partial charge in [-0.15, -0.1) is 11.3 Å². The molecule has 5 rings (SSSR count). The molecule has 5 nitrogen and oxygen atoms in total. The van der Waals surface area contributed by atoms with Crippen LogP contribution in [0.3, 0.4) is 0 Å². The van der Waals surface area contributed by atoms with Crippen molar-refractivity contribution in [3.8, 4) is 0 Å². The van der Waals surface area contributed by atoms with E-state index in [1.807, 2.05) is 11.3 Å². The topological polar surface area (TPSA) is 61.9 Å². The molecule has 0 radical (unpaired) electrons. The molecule has 2 aromatic rings. The number of fused-ring (bicyclic) bond motifs is 4. The minimum Gasteiger partial charge on any atom is -0.367 e. The maximum atomic E-state index is 4.59. The van der Waals surface area contributed by atoms with Crippen molar-refractivity contribution >= 4 is 27.4 Å². The summed E-state index contributed by atoms with van der Waals surface area (Å²) in [5, 5.41) is 5.06. The zero-order valence-electron chi connectivity index (χ0n) is 12.6. The second kappa shape index (κ2) is 5.15. The largest absolute Gasteiger partial charge is 0.367 e. The van der Waals surface area contributed by atoms with Crippen LogP contribution in [0.15, 0.2) is 6.33 Å². The maximum absolute atomic E-state index is 4.59. The molecular formula is C16H21N5S. The van der Waals surface area contributed by atoms with Crippen LogP contribution in [-0.2, 0) is 12.8 Å². The second-order valence-electron chi connectivity index (χ2n) is 6.81. The Kier molecular flexibility index (Phi) is 3.09. The highest BCUT2D eigenvalue weighted by atomic mass is 32.1. The van der Waals surface area contributed by atoms with Gasteiger partial charge in [0.2, 0.25) is 0 Å². The van der Waals surface area contributed by atoms with E-state index in [-0.39, 0.29) is 0 Å². The first kappa shape index (κ1) is 13.2. The van der Waals surface area contributed by atoms with E-state index in [1.54, 1.807) is 6.33 Å². The molecule has 0 amide bonds. The highest BCUT2D eigenvalue weighted by molar-refractivity contribution is 7.19. The summed E-state index contributed by atoms with van der Waals surface area (Å²) < 4.78 is 0. The third-order valence-corrected chi connectivity index (χ3v) is 6.68. The van der Waals surface area contributed by atoms with Crippen LogP contribution in [-0.4, -0.2) is 28.6 Å². The zero-order chi connectivity index (χ0) is 14.5. The van der Waals surface area contributed by atoms with Gasteiger partial charge in [-0.25, -0.2) is 9.97 Å². The lowest BCUT2D eigenvalue weighted by molar-refractivity contribution is 0.314. The van der Waals surface area contributed by atoms with Crippen LogP contribution in [0.5, 0.6) is 0 Å². The third-order valence-electron chi connectivity index (χ3n) is 5.48. The molecule has 116 valence electrons. The molecule has 2 aromatic heterocycles. The first-order valence-electron chi connectivity index (χ1n) is 8.38. The Balaban J connectivity index is 1.44. The van der Waals surface area contributed by atoms with Gasteiger partial charge in [-0.2, -0.15) is 0 Å². The number of nitrogens with zero attached hydrogens (tertiary/aromatic N) is 2. The molecule has 3 heterocycles. The van der Waals surface area contributed by atoms with E-state index in [9.17, 15) is 0 Å². The lowest BCUT2D eigenvalue weighted by Crippen LogP contribution is -2.39. The van der Waals surface area contributed by atoms with Gasteiger partial charge in [-0.1, -0.05) is 0 Å². The zero-order valence-corrected chi connectivity index (χ0v) is 13.4. The summed E-state index contributed by atoms with van der Waals surface area (Å²) in [4.78, 5) is 11.8. The minimum absolute atomic E-state index is 0.540. The molecule has 22 heavy (non-hydrogen) atoms. The number of anilines is 1. The number of hydrogen-bond donors (Lipinski definition) is 3. The highest BCUT2D eigenvalue weighted by Crippen LogP contribution is 2.39. The van der Waals surface area contributed by atoms with E-state index in [4.69, 9.17) is 0 Å². The van der Waals surface area contributed by atoms with Crippen LogP contribution in [0.4, 0.5) is 5.82 Å². The normalized spacial score (nSPS) is 30.5. The Labute approximate surface area is 133 Å². The van der Waals surface area contributed by atoms with E-state index < -0.39 is 0 Å². The Bertz CT molecular complexity index is 712. The van der Waals surface area contributed by atoms with Gasteiger partial charge in [-0.05, 0) is 50.0 Å². The fourth-order valence-electron chi connectivity index (χ4n) is 4.36. The number of rotatable bonds is 2. The standard InChI is InChI=1S/C16H21N5S/c1-2-11-13(3-1)22-16-14(11)15(17-8-18-16)20-10-4-5-12-9(6-10)7-19-21-12/h8-10,12,19,21H,1-7H2,(H,17,18,20). The predicted octanol–water partition coefficient (Wildman–Crippen LogP) is 2.24. The Morgan fingerprint density at radius 2 is 2.23 bits per heavy atom. The third kappa shape index (κ3) is 2.05. The first-order valence-corrected chi connectivity index (χ1v) is 9.20. The summed E-state index contributed by atoms with van der Waals surface area (Å²) in [5.41, 5.74) is 8.22. The summed E-state index contributed by atoms with van der Waals surface area (Å²) in [6, 6.07) is 1.20. The van der Waals surface area contributed by atoms with E-state index >= 15 is 0 Å². The van der Waals surface area contributed by atoms with Crippen molar-refractivity contribution in [3.63, 3.8) is 0 Å². The highest BCUT2D eigenvalue weighted by Gasteiger charge is 2.34. The quantitative estimate of drug-likeness (QED) is 0.793. The van der Waals surface area contributed by atoms with Crippen molar-refractivity contribution < 1.29 is 0 Å². The van der Waals surface area contributed by atoms with Crippen molar-refractivity contribution in [2.45, 2.75) is 50.6 Å². The molecule has 0 spiro atoms. The second-order valence-corrected chi connectivity index (χ2v) is 7.89. The van der Waals surface area contributed by atoms with Gasteiger partial charge in [0.05, 0.1) is 5.39 Å². The molecule has 3 unspecified atom stereocenters. The Morgan fingerprint density at radius 1 is 1.23 bits per heavy atom.